The van der Waals surface area contributed by atoms with Crippen molar-refractivity contribution in [1.82, 2.24) is 4.90 Å². The molecule has 1 N–H and O–H groups in total. The van der Waals surface area contributed by atoms with Gasteiger partial charge in [-0.1, -0.05) is 6.07 Å². The van der Waals surface area contributed by atoms with Crippen LogP contribution >= 0.6 is 0 Å². The summed E-state index contributed by atoms with van der Waals surface area (Å²) < 4.78 is 10.6. The molecule has 0 heterocycles. The minimum absolute atomic E-state index is 0.115. The van der Waals surface area contributed by atoms with E-state index in [1.165, 1.54) is 0 Å². The summed E-state index contributed by atoms with van der Waals surface area (Å²) in [6.07, 6.45) is 0. The fourth-order valence-corrected chi connectivity index (χ4v) is 1.79. The molecular formula is C15H24N2O3. The summed E-state index contributed by atoms with van der Waals surface area (Å²) in [5.74, 6) is 0.669. The molecule has 20 heavy (non-hydrogen) atoms. The number of aryl methyl sites for hydroxylation is 1. The largest absolute Gasteiger partial charge is 0.489 e. The molecular weight excluding hydrogens is 256 g/mol. The van der Waals surface area contributed by atoms with Crippen LogP contribution in [0.25, 0.3) is 0 Å². The third-order valence-electron chi connectivity index (χ3n) is 2.97. The van der Waals surface area contributed by atoms with Gasteiger partial charge in [-0.15, -0.1) is 0 Å². The van der Waals surface area contributed by atoms with E-state index in [0.29, 0.717) is 37.7 Å². The number of benzene rings is 1. The molecule has 1 aromatic carbocycles. The van der Waals surface area contributed by atoms with E-state index in [1.807, 2.05) is 39.0 Å². The Balaban J connectivity index is 2.79. The Morgan fingerprint density at radius 1 is 1.25 bits per heavy atom. The number of hydrogen-bond donors (Lipinski definition) is 1. The van der Waals surface area contributed by atoms with E-state index in [4.69, 9.17) is 9.47 Å². The van der Waals surface area contributed by atoms with Gasteiger partial charge in [-0.05, 0) is 38.5 Å². The monoisotopic (exact) mass is 280 g/mol. The van der Waals surface area contributed by atoms with E-state index in [-0.39, 0.29) is 6.03 Å². The minimum atomic E-state index is -0.115. The molecule has 0 aliphatic carbocycles. The molecule has 0 atom stereocenters. The topological polar surface area (TPSA) is 50.8 Å². The highest BCUT2D eigenvalue weighted by atomic mass is 16.5. The molecule has 0 aliphatic heterocycles. The van der Waals surface area contributed by atoms with Crippen LogP contribution in [0.2, 0.25) is 0 Å². The lowest BCUT2D eigenvalue weighted by atomic mass is 10.2. The Hall–Kier alpha value is -1.75. The third-order valence-corrected chi connectivity index (χ3v) is 2.97. The van der Waals surface area contributed by atoms with Crippen LogP contribution in [0.3, 0.4) is 0 Å². The van der Waals surface area contributed by atoms with Crippen molar-refractivity contribution in [3.8, 4) is 5.75 Å². The summed E-state index contributed by atoms with van der Waals surface area (Å²) in [5, 5.41) is 2.89. The second kappa shape index (κ2) is 8.43. The summed E-state index contributed by atoms with van der Waals surface area (Å²) in [6, 6.07) is 5.60. The third kappa shape index (κ3) is 4.74. The first-order valence-electron chi connectivity index (χ1n) is 6.90. The highest BCUT2D eigenvalue weighted by Gasteiger charge is 2.12. The molecule has 5 nitrogen and oxygen atoms in total. The van der Waals surface area contributed by atoms with Crippen LogP contribution in [0.5, 0.6) is 5.75 Å². The van der Waals surface area contributed by atoms with Gasteiger partial charge in [0, 0.05) is 20.2 Å². The van der Waals surface area contributed by atoms with Gasteiger partial charge in [0.25, 0.3) is 0 Å². The van der Waals surface area contributed by atoms with Crippen LogP contribution in [0.4, 0.5) is 10.5 Å². The van der Waals surface area contributed by atoms with Gasteiger partial charge in [0.05, 0.1) is 12.3 Å². The Kier molecular flexibility index (Phi) is 6.87. The molecule has 0 bridgehead atoms. The Morgan fingerprint density at radius 2 is 1.95 bits per heavy atom. The normalized spacial score (nSPS) is 10.2. The number of methoxy groups -OCH3 is 1. The van der Waals surface area contributed by atoms with E-state index in [1.54, 1.807) is 12.0 Å². The average Bonchev–Trinajstić information content (AvgIpc) is 2.43. The van der Waals surface area contributed by atoms with E-state index in [0.717, 1.165) is 5.56 Å². The van der Waals surface area contributed by atoms with Crippen LogP contribution in [-0.2, 0) is 4.74 Å². The summed E-state index contributed by atoms with van der Waals surface area (Å²) in [4.78, 5) is 13.8. The van der Waals surface area contributed by atoms with Gasteiger partial charge in [0.2, 0.25) is 0 Å². The van der Waals surface area contributed by atoms with Gasteiger partial charge in [0.15, 0.2) is 0 Å². The number of nitrogens with one attached hydrogen (secondary N) is 1. The van der Waals surface area contributed by atoms with Crippen LogP contribution in [-0.4, -0.2) is 44.3 Å². The van der Waals surface area contributed by atoms with Gasteiger partial charge in [-0.25, -0.2) is 4.79 Å². The van der Waals surface area contributed by atoms with Crippen molar-refractivity contribution in [3.63, 3.8) is 0 Å². The lowest BCUT2D eigenvalue weighted by molar-refractivity contribution is 0.146. The van der Waals surface area contributed by atoms with Crippen molar-refractivity contribution in [2.45, 2.75) is 20.8 Å². The van der Waals surface area contributed by atoms with Crippen LogP contribution in [0.15, 0.2) is 18.2 Å². The number of anilines is 1. The van der Waals surface area contributed by atoms with Gasteiger partial charge in [-0.3, -0.25) is 0 Å². The van der Waals surface area contributed by atoms with Gasteiger partial charge >= 0.3 is 6.03 Å². The summed E-state index contributed by atoms with van der Waals surface area (Å²) in [6.45, 7) is 8.20. The molecule has 0 saturated heterocycles. The molecule has 2 amide bonds. The number of urea groups is 1. The standard InChI is InChI=1S/C15H24N2O3/c1-5-17(6-2)15(18)16-13-8-7-12(3)11-14(13)20-10-9-19-4/h7-8,11H,5-6,9-10H2,1-4H3,(H,16,18). The number of ether oxygens (including phenoxy) is 2. The van der Waals surface area contributed by atoms with Crippen molar-refractivity contribution >= 4 is 11.7 Å². The smallest absolute Gasteiger partial charge is 0.321 e. The molecule has 1 aromatic rings. The zero-order valence-electron chi connectivity index (χ0n) is 12.7. The molecule has 0 aliphatic rings. The van der Waals surface area contributed by atoms with E-state index in [2.05, 4.69) is 5.32 Å². The maximum Gasteiger partial charge on any atom is 0.321 e. The SMILES string of the molecule is CCN(CC)C(=O)Nc1ccc(C)cc1OCCOC. The number of nitrogens with zero attached hydrogens (tertiary/aromatic N) is 1. The quantitative estimate of drug-likeness (QED) is 0.781. The zero-order valence-corrected chi connectivity index (χ0v) is 12.7. The second-order valence-corrected chi connectivity index (χ2v) is 4.44. The fraction of sp³-hybridized carbons (Fsp3) is 0.533. The van der Waals surface area contributed by atoms with Gasteiger partial charge < -0.3 is 19.7 Å². The van der Waals surface area contributed by atoms with Crippen LogP contribution < -0.4 is 10.1 Å². The highest BCUT2D eigenvalue weighted by Crippen LogP contribution is 2.26. The van der Waals surface area contributed by atoms with Crippen LogP contribution in [0, 0.1) is 6.92 Å². The minimum Gasteiger partial charge on any atom is -0.489 e. The number of carbonyl (C=O) groups is 1. The van der Waals surface area contributed by atoms with Crippen LogP contribution in [0.1, 0.15) is 19.4 Å². The summed E-state index contributed by atoms with van der Waals surface area (Å²) >= 11 is 0. The molecule has 0 unspecified atom stereocenters. The van der Waals surface area contributed by atoms with Crippen molar-refractivity contribution < 1.29 is 14.3 Å². The Morgan fingerprint density at radius 3 is 2.55 bits per heavy atom. The average molecular weight is 280 g/mol. The fourth-order valence-electron chi connectivity index (χ4n) is 1.79. The number of amides is 2. The summed E-state index contributed by atoms with van der Waals surface area (Å²) in [5.41, 5.74) is 1.77. The second-order valence-electron chi connectivity index (χ2n) is 4.44. The number of carbonyl (C=O) groups excluding carboxylic acids is 1. The zero-order chi connectivity index (χ0) is 15.0. The Bertz CT molecular complexity index is 431. The molecule has 0 spiro atoms. The maximum atomic E-state index is 12.1. The molecule has 112 valence electrons. The first kappa shape index (κ1) is 16.3. The van der Waals surface area contributed by atoms with Gasteiger partial charge in [-0.2, -0.15) is 0 Å². The number of rotatable bonds is 7. The molecule has 0 saturated carbocycles. The van der Waals surface area contributed by atoms with Crippen molar-refractivity contribution in [2.75, 3.05) is 38.7 Å². The molecule has 5 heteroatoms. The predicted molar refractivity (Wildman–Crippen MR) is 80.5 cm³/mol. The van der Waals surface area contributed by atoms with Crippen molar-refractivity contribution in [2.24, 2.45) is 0 Å². The van der Waals surface area contributed by atoms with E-state index in [9.17, 15) is 4.79 Å². The van der Waals surface area contributed by atoms with Gasteiger partial charge in [0.1, 0.15) is 12.4 Å². The highest BCUT2D eigenvalue weighted by molar-refractivity contribution is 5.91. The van der Waals surface area contributed by atoms with Crippen molar-refractivity contribution in [3.05, 3.63) is 23.8 Å². The Labute approximate surface area is 120 Å². The molecule has 0 aromatic heterocycles. The van der Waals surface area contributed by atoms with Crippen molar-refractivity contribution in [1.29, 1.82) is 0 Å². The number of hydrogen-bond acceptors (Lipinski definition) is 3. The van der Waals surface area contributed by atoms with E-state index < -0.39 is 0 Å². The predicted octanol–water partition coefficient (Wildman–Crippen LogP) is 2.89. The maximum absolute atomic E-state index is 12.1. The molecule has 0 radical (unpaired) electrons. The first-order valence-corrected chi connectivity index (χ1v) is 6.90. The first-order chi connectivity index (χ1) is 9.62. The summed E-state index contributed by atoms with van der Waals surface area (Å²) in [7, 11) is 1.63. The lowest BCUT2D eigenvalue weighted by Gasteiger charge is -2.20. The molecule has 0 fully saturated rings. The lowest BCUT2D eigenvalue weighted by Crippen LogP contribution is -2.34. The van der Waals surface area contributed by atoms with E-state index >= 15 is 0 Å². The molecule has 1 rings (SSSR count).